The monoisotopic (exact) mass is 272 g/mol. The molecule has 6 nitrogen and oxygen atoms in total. The molecule has 1 amide bonds. The van der Waals surface area contributed by atoms with Crippen LogP contribution >= 0.6 is 0 Å². The number of likely N-dealkylation sites (tertiary alicyclic amines) is 1. The lowest BCUT2D eigenvalue weighted by atomic mass is 9.94. The van der Waals surface area contributed by atoms with Crippen LogP contribution in [0.1, 0.15) is 40.5 Å². The average molecular weight is 272 g/mol. The maximum Gasteiger partial charge on any atom is 0.410 e. The maximum absolute atomic E-state index is 12.0. The first-order valence-corrected chi connectivity index (χ1v) is 6.42. The number of rotatable bonds is 2. The lowest BCUT2D eigenvalue weighted by molar-refractivity contribution is -0.141. The third-order valence-corrected chi connectivity index (χ3v) is 3.07. The number of nitrogens with zero attached hydrogens (tertiary/aromatic N) is 1. The van der Waals surface area contributed by atoms with E-state index in [1.54, 1.807) is 4.90 Å². The van der Waals surface area contributed by atoms with Gasteiger partial charge in [0.15, 0.2) is 0 Å². The molecule has 2 unspecified atom stereocenters. The summed E-state index contributed by atoms with van der Waals surface area (Å²) < 4.78 is 9.97. The summed E-state index contributed by atoms with van der Waals surface area (Å²) in [6, 6.07) is -0.0514. The van der Waals surface area contributed by atoms with Gasteiger partial charge in [-0.1, -0.05) is 0 Å². The van der Waals surface area contributed by atoms with Gasteiger partial charge in [-0.25, -0.2) is 4.79 Å². The normalized spacial score (nSPS) is 27.3. The Bertz CT molecular complexity index is 364. The molecule has 0 aromatic carbocycles. The number of hydrogen-bond acceptors (Lipinski definition) is 5. The number of methoxy groups -OCH3 is 1. The highest BCUT2D eigenvalue weighted by molar-refractivity contribution is 5.72. The van der Waals surface area contributed by atoms with Crippen LogP contribution in [0.2, 0.25) is 0 Å². The molecule has 6 heteroatoms. The first kappa shape index (κ1) is 15.8. The predicted octanol–water partition coefficient (Wildman–Crippen LogP) is 1.28. The Balaban J connectivity index is 2.69. The second-order valence-electron chi connectivity index (χ2n) is 6.28. The molecule has 0 saturated carbocycles. The van der Waals surface area contributed by atoms with Crippen LogP contribution in [-0.2, 0) is 14.3 Å². The number of nitrogens with two attached hydrogens (primary N) is 1. The van der Waals surface area contributed by atoms with Crippen LogP contribution in [0.4, 0.5) is 4.79 Å². The maximum atomic E-state index is 12.0. The van der Waals surface area contributed by atoms with Crippen molar-refractivity contribution >= 4 is 12.1 Å². The molecule has 19 heavy (non-hydrogen) atoms. The number of carbonyl (C=O) groups excluding carboxylic acids is 2. The fraction of sp³-hybridized carbons (Fsp3) is 0.846. The summed E-state index contributed by atoms with van der Waals surface area (Å²) in [6.07, 6.45) is 0.270. The lowest BCUT2D eigenvalue weighted by Gasteiger charge is -2.27. The van der Waals surface area contributed by atoms with Crippen LogP contribution in [0, 0.1) is 0 Å². The van der Waals surface area contributed by atoms with Gasteiger partial charge in [0.05, 0.1) is 13.5 Å². The van der Waals surface area contributed by atoms with Crippen LogP contribution in [0.25, 0.3) is 0 Å². The van der Waals surface area contributed by atoms with E-state index in [2.05, 4.69) is 4.74 Å². The Labute approximate surface area is 114 Å². The standard InChI is InChI=1S/C13H24N2O4/c1-9-6-13(14,7-10(16)18-5)8-15(9)11(17)19-12(2,3)4/h9H,6-8,14H2,1-5H3. The molecule has 0 bridgehead atoms. The summed E-state index contributed by atoms with van der Waals surface area (Å²) in [5.74, 6) is -0.360. The van der Waals surface area contributed by atoms with Crippen molar-refractivity contribution in [3.8, 4) is 0 Å². The zero-order valence-corrected chi connectivity index (χ0v) is 12.4. The van der Waals surface area contributed by atoms with Gasteiger partial charge in [0, 0.05) is 18.1 Å². The van der Waals surface area contributed by atoms with Crippen molar-refractivity contribution in [3.63, 3.8) is 0 Å². The van der Waals surface area contributed by atoms with Crippen LogP contribution in [0.5, 0.6) is 0 Å². The minimum atomic E-state index is -0.733. The summed E-state index contributed by atoms with van der Waals surface area (Å²) in [5.41, 5.74) is 4.89. The van der Waals surface area contributed by atoms with Crippen molar-refractivity contribution in [2.45, 2.75) is 57.7 Å². The number of carbonyl (C=O) groups is 2. The highest BCUT2D eigenvalue weighted by atomic mass is 16.6. The molecule has 1 heterocycles. The van der Waals surface area contributed by atoms with E-state index in [9.17, 15) is 9.59 Å². The molecular weight excluding hydrogens is 248 g/mol. The average Bonchev–Trinajstić information content (AvgIpc) is 2.51. The predicted molar refractivity (Wildman–Crippen MR) is 70.6 cm³/mol. The van der Waals surface area contributed by atoms with Crippen LogP contribution < -0.4 is 5.73 Å². The molecule has 0 radical (unpaired) electrons. The van der Waals surface area contributed by atoms with E-state index in [-0.39, 0.29) is 18.4 Å². The molecule has 0 aliphatic carbocycles. The van der Waals surface area contributed by atoms with Gasteiger partial charge in [-0.15, -0.1) is 0 Å². The second kappa shape index (κ2) is 5.36. The summed E-state index contributed by atoms with van der Waals surface area (Å²) >= 11 is 0. The van der Waals surface area contributed by atoms with Gasteiger partial charge in [0.1, 0.15) is 5.60 Å². The van der Waals surface area contributed by atoms with E-state index >= 15 is 0 Å². The zero-order valence-electron chi connectivity index (χ0n) is 12.4. The van der Waals surface area contributed by atoms with Crippen LogP contribution in [-0.4, -0.2) is 47.8 Å². The van der Waals surface area contributed by atoms with E-state index < -0.39 is 17.2 Å². The van der Waals surface area contributed by atoms with Gasteiger partial charge in [0.2, 0.25) is 0 Å². The van der Waals surface area contributed by atoms with Crippen molar-refractivity contribution in [2.24, 2.45) is 5.73 Å². The topological polar surface area (TPSA) is 81.9 Å². The number of ether oxygens (including phenoxy) is 2. The number of esters is 1. The summed E-state index contributed by atoms with van der Waals surface area (Å²) in [6.45, 7) is 7.65. The van der Waals surface area contributed by atoms with Gasteiger partial charge < -0.3 is 20.1 Å². The molecule has 1 saturated heterocycles. The van der Waals surface area contributed by atoms with Crippen LogP contribution in [0.3, 0.4) is 0 Å². The van der Waals surface area contributed by atoms with Gasteiger partial charge >= 0.3 is 12.1 Å². The summed E-state index contributed by atoms with van der Waals surface area (Å²) in [7, 11) is 1.33. The minimum Gasteiger partial charge on any atom is -0.469 e. The summed E-state index contributed by atoms with van der Waals surface area (Å²) in [5, 5.41) is 0. The molecule has 110 valence electrons. The molecule has 0 spiro atoms. The molecule has 0 aromatic rings. The van der Waals surface area contributed by atoms with E-state index in [1.165, 1.54) is 7.11 Å². The molecule has 2 N–H and O–H groups in total. The van der Waals surface area contributed by atoms with Crippen molar-refractivity contribution in [2.75, 3.05) is 13.7 Å². The zero-order chi connectivity index (χ0) is 14.8. The van der Waals surface area contributed by atoms with Gasteiger partial charge in [-0.2, -0.15) is 0 Å². The molecule has 2 atom stereocenters. The molecule has 1 rings (SSSR count). The molecular formula is C13H24N2O4. The number of hydrogen-bond donors (Lipinski definition) is 1. The molecule has 1 fully saturated rings. The van der Waals surface area contributed by atoms with Crippen LogP contribution in [0.15, 0.2) is 0 Å². The lowest BCUT2D eigenvalue weighted by Crippen LogP contribution is -2.46. The fourth-order valence-corrected chi connectivity index (χ4v) is 2.31. The van der Waals surface area contributed by atoms with Gasteiger partial charge in [-0.05, 0) is 34.1 Å². The van der Waals surface area contributed by atoms with Crippen molar-refractivity contribution < 1.29 is 19.1 Å². The third-order valence-electron chi connectivity index (χ3n) is 3.07. The van der Waals surface area contributed by atoms with Gasteiger partial charge in [0.25, 0.3) is 0 Å². The summed E-state index contributed by atoms with van der Waals surface area (Å²) in [4.78, 5) is 25.0. The Morgan fingerprint density at radius 1 is 1.42 bits per heavy atom. The first-order chi connectivity index (χ1) is 8.56. The largest absolute Gasteiger partial charge is 0.469 e. The van der Waals surface area contributed by atoms with E-state index in [0.717, 1.165) is 0 Å². The second-order valence-corrected chi connectivity index (χ2v) is 6.28. The quantitative estimate of drug-likeness (QED) is 0.766. The third kappa shape index (κ3) is 4.38. The van der Waals surface area contributed by atoms with E-state index in [1.807, 2.05) is 27.7 Å². The Morgan fingerprint density at radius 2 is 2.00 bits per heavy atom. The smallest absolute Gasteiger partial charge is 0.410 e. The van der Waals surface area contributed by atoms with E-state index in [0.29, 0.717) is 13.0 Å². The molecule has 0 aromatic heterocycles. The number of amides is 1. The fourth-order valence-electron chi connectivity index (χ4n) is 2.31. The van der Waals surface area contributed by atoms with Crippen molar-refractivity contribution in [1.29, 1.82) is 0 Å². The van der Waals surface area contributed by atoms with E-state index in [4.69, 9.17) is 10.5 Å². The van der Waals surface area contributed by atoms with Gasteiger partial charge in [-0.3, -0.25) is 4.79 Å². The highest BCUT2D eigenvalue weighted by Crippen LogP contribution is 2.29. The van der Waals surface area contributed by atoms with Crippen molar-refractivity contribution in [1.82, 2.24) is 4.90 Å². The molecule has 1 aliphatic rings. The Hall–Kier alpha value is -1.30. The Morgan fingerprint density at radius 3 is 2.47 bits per heavy atom. The highest BCUT2D eigenvalue weighted by Gasteiger charge is 2.44. The van der Waals surface area contributed by atoms with Crippen molar-refractivity contribution in [3.05, 3.63) is 0 Å². The Kier molecular flexibility index (Phi) is 4.45. The molecule has 1 aliphatic heterocycles. The SMILES string of the molecule is COC(=O)CC1(N)CC(C)N(C(=O)OC(C)(C)C)C1. The minimum absolute atomic E-state index is 0.0514. The first-order valence-electron chi connectivity index (χ1n) is 6.42.